The van der Waals surface area contributed by atoms with E-state index in [0.29, 0.717) is 17.6 Å². The van der Waals surface area contributed by atoms with Crippen molar-refractivity contribution in [3.8, 4) is 5.69 Å². The van der Waals surface area contributed by atoms with Crippen molar-refractivity contribution in [2.24, 2.45) is 0 Å². The lowest BCUT2D eigenvalue weighted by atomic mass is 10.2. The zero-order valence-corrected chi connectivity index (χ0v) is 15.7. The number of nitrogens with one attached hydrogen (secondary N) is 1. The van der Waals surface area contributed by atoms with Crippen LogP contribution in [0.4, 0.5) is 5.95 Å². The Morgan fingerprint density at radius 2 is 2.04 bits per heavy atom. The number of aromatic nitrogens is 6. The molecule has 0 saturated carbocycles. The van der Waals surface area contributed by atoms with E-state index in [1.807, 2.05) is 41.4 Å². The summed E-state index contributed by atoms with van der Waals surface area (Å²) in [5.74, 6) is 0.648. The Morgan fingerprint density at radius 1 is 1.16 bits per heavy atom. The molecular formula is C16H14BrN7S. The minimum atomic E-state index is 0.591. The molecule has 0 spiro atoms. The highest BCUT2D eigenvalue weighted by atomic mass is 79.9. The Labute approximate surface area is 156 Å². The van der Waals surface area contributed by atoms with Crippen molar-refractivity contribution in [1.29, 1.82) is 0 Å². The Hall–Kier alpha value is -2.39. The summed E-state index contributed by atoms with van der Waals surface area (Å²) in [5, 5.41) is 12.7. The summed E-state index contributed by atoms with van der Waals surface area (Å²) in [6, 6.07) is 10.0. The maximum Gasteiger partial charge on any atom is 0.228 e. The van der Waals surface area contributed by atoms with E-state index in [2.05, 4.69) is 47.5 Å². The number of thioether (sulfide) groups is 1. The van der Waals surface area contributed by atoms with E-state index >= 15 is 0 Å². The fourth-order valence-electron chi connectivity index (χ4n) is 2.51. The minimum Gasteiger partial charge on any atom is -0.350 e. The Morgan fingerprint density at radius 3 is 2.84 bits per heavy atom. The third kappa shape index (κ3) is 3.12. The number of para-hydroxylation sites is 1. The van der Waals surface area contributed by atoms with Crippen LogP contribution in [0.2, 0.25) is 0 Å². The van der Waals surface area contributed by atoms with Gasteiger partial charge in [-0.3, -0.25) is 0 Å². The van der Waals surface area contributed by atoms with E-state index < -0.39 is 0 Å². The van der Waals surface area contributed by atoms with Gasteiger partial charge in [-0.1, -0.05) is 30.0 Å². The summed E-state index contributed by atoms with van der Waals surface area (Å²) in [5.41, 5.74) is 2.87. The summed E-state index contributed by atoms with van der Waals surface area (Å²) >= 11 is 4.97. The molecular weight excluding hydrogens is 402 g/mol. The maximum atomic E-state index is 4.54. The van der Waals surface area contributed by atoms with Crippen molar-refractivity contribution in [1.82, 2.24) is 29.4 Å². The molecule has 0 bridgehead atoms. The van der Waals surface area contributed by atoms with Crippen LogP contribution in [0.5, 0.6) is 0 Å². The number of fused-ring (bicyclic) bond motifs is 1. The fraction of sp³-hybridized carbons (Fsp3) is 0.125. The first kappa shape index (κ1) is 16.1. The van der Waals surface area contributed by atoms with Gasteiger partial charge in [-0.2, -0.15) is 19.7 Å². The first-order chi connectivity index (χ1) is 12.3. The second-order valence-electron chi connectivity index (χ2n) is 5.19. The number of hydrogen-bond acceptors (Lipinski definition) is 6. The molecule has 0 atom stereocenters. The van der Waals surface area contributed by atoms with E-state index in [1.54, 1.807) is 16.9 Å². The normalized spacial score (nSPS) is 11.1. The average molecular weight is 416 g/mol. The second-order valence-corrected chi connectivity index (χ2v) is 6.82. The van der Waals surface area contributed by atoms with Crippen LogP contribution < -0.4 is 5.32 Å². The molecule has 25 heavy (non-hydrogen) atoms. The van der Waals surface area contributed by atoms with Gasteiger partial charge in [0.15, 0.2) is 10.8 Å². The number of nitrogens with zero attached hydrogens (tertiary/aromatic N) is 6. The van der Waals surface area contributed by atoms with E-state index in [1.165, 1.54) is 11.8 Å². The number of rotatable bonds is 5. The minimum absolute atomic E-state index is 0.591. The van der Waals surface area contributed by atoms with E-state index in [0.717, 1.165) is 21.4 Å². The quantitative estimate of drug-likeness (QED) is 0.503. The molecule has 0 aliphatic rings. The van der Waals surface area contributed by atoms with Crippen molar-refractivity contribution >= 4 is 39.3 Å². The molecule has 0 aliphatic carbocycles. The van der Waals surface area contributed by atoms with Gasteiger partial charge in [0.25, 0.3) is 0 Å². The van der Waals surface area contributed by atoms with Crippen molar-refractivity contribution in [2.75, 3.05) is 11.6 Å². The first-order valence-corrected chi connectivity index (χ1v) is 9.55. The van der Waals surface area contributed by atoms with Gasteiger partial charge in [0.1, 0.15) is 0 Å². The maximum absolute atomic E-state index is 4.54. The smallest absolute Gasteiger partial charge is 0.228 e. The summed E-state index contributed by atoms with van der Waals surface area (Å²) in [7, 11) is 0. The predicted molar refractivity (Wildman–Crippen MR) is 101 cm³/mol. The molecule has 3 heterocycles. The SMILES string of the molecule is CSc1nc(NCc2ccccc2-n2cccn2)n2ncc(Br)c2n1. The Balaban J connectivity index is 1.68. The molecule has 9 heteroatoms. The highest BCUT2D eigenvalue weighted by Gasteiger charge is 2.12. The summed E-state index contributed by atoms with van der Waals surface area (Å²) in [4.78, 5) is 9.02. The third-order valence-corrected chi connectivity index (χ3v) is 4.77. The van der Waals surface area contributed by atoms with Crippen molar-refractivity contribution in [2.45, 2.75) is 11.7 Å². The third-order valence-electron chi connectivity index (χ3n) is 3.67. The van der Waals surface area contributed by atoms with Gasteiger partial charge in [0.2, 0.25) is 5.95 Å². The number of anilines is 1. The molecule has 0 saturated heterocycles. The molecule has 1 N–H and O–H groups in total. The molecule has 126 valence electrons. The molecule has 0 aliphatic heterocycles. The van der Waals surface area contributed by atoms with Gasteiger partial charge in [0.05, 0.1) is 16.4 Å². The molecule has 3 aromatic heterocycles. The lowest BCUT2D eigenvalue weighted by molar-refractivity contribution is 0.823. The number of benzene rings is 1. The van der Waals surface area contributed by atoms with Gasteiger partial charge in [0, 0.05) is 18.9 Å². The summed E-state index contributed by atoms with van der Waals surface area (Å²) < 4.78 is 4.38. The van der Waals surface area contributed by atoms with Gasteiger partial charge in [-0.05, 0) is 39.9 Å². The summed E-state index contributed by atoms with van der Waals surface area (Å²) in [6.45, 7) is 0.591. The van der Waals surface area contributed by atoms with Gasteiger partial charge in [-0.15, -0.1) is 0 Å². The average Bonchev–Trinajstić information content (AvgIpc) is 3.30. The molecule has 0 fully saturated rings. The van der Waals surface area contributed by atoms with Crippen molar-refractivity contribution in [3.63, 3.8) is 0 Å². The lowest BCUT2D eigenvalue weighted by Crippen LogP contribution is -2.11. The highest BCUT2D eigenvalue weighted by molar-refractivity contribution is 9.10. The Kier molecular flexibility index (Phi) is 4.41. The monoisotopic (exact) mass is 415 g/mol. The molecule has 0 radical (unpaired) electrons. The van der Waals surface area contributed by atoms with Crippen LogP contribution in [-0.2, 0) is 6.54 Å². The summed E-state index contributed by atoms with van der Waals surface area (Å²) in [6.07, 6.45) is 7.37. The van der Waals surface area contributed by atoms with Crippen LogP contribution in [0.1, 0.15) is 5.56 Å². The Bertz CT molecular complexity index is 1010. The van der Waals surface area contributed by atoms with Gasteiger partial charge in [-0.25, -0.2) is 9.67 Å². The first-order valence-electron chi connectivity index (χ1n) is 7.53. The predicted octanol–water partition coefficient (Wildman–Crippen LogP) is 3.41. The zero-order valence-electron chi connectivity index (χ0n) is 13.3. The van der Waals surface area contributed by atoms with Crippen molar-refractivity contribution < 1.29 is 0 Å². The second kappa shape index (κ2) is 6.85. The van der Waals surface area contributed by atoms with Crippen LogP contribution in [0.15, 0.2) is 58.6 Å². The van der Waals surface area contributed by atoms with Gasteiger partial charge >= 0.3 is 0 Å². The molecule has 4 aromatic rings. The molecule has 1 aromatic carbocycles. The van der Waals surface area contributed by atoms with E-state index in [-0.39, 0.29) is 0 Å². The number of halogens is 1. The van der Waals surface area contributed by atoms with Crippen LogP contribution in [-0.4, -0.2) is 35.6 Å². The van der Waals surface area contributed by atoms with E-state index in [4.69, 9.17) is 0 Å². The van der Waals surface area contributed by atoms with Crippen LogP contribution in [0, 0.1) is 0 Å². The fourth-order valence-corrected chi connectivity index (χ4v) is 3.21. The van der Waals surface area contributed by atoms with Gasteiger partial charge < -0.3 is 5.32 Å². The molecule has 0 amide bonds. The van der Waals surface area contributed by atoms with Crippen LogP contribution >= 0.6 is 27.7 Å². The highest BCUT2D eigenvalue weighted by Crippen LogP contribution is 2.22. The molecule has 0 unspecified atom stereocenters. The van der Waals surface area contributed by atoms with Crippen LogP contribution in [0.3, 0.4) is 0 Å². The van der Waals surface area contributed by atoms with E-state index in [9.17, 15) is 0 Å². The topological polar surface area (TPSA) is 72.9 Å². The molecule has 4 rings (SSSR count). The standard InChI is InChI=1S/C16H14BrN7S/c1-25-16-21-14-12(17)10-20-24(14)15(22-16)18-9-11-5-2-3-6-13(11)23-8-4-7-19-23/h2-8,10H,9H2,1H3,(H,18,21,22). The molecule has 7 nitrogen and oxygen atoms in total. The zero-order chi connectivity index (χ0) is 17.2. The number of hydrogen-bond donors (Lipinski definition) is 1. The lowest BCUT2D eigenvalue weighted by Gasteiger charge is -2.12. The van der Waals surface area contributed by atoms with Crippen LogP contribution in [0.25, 0.3) is 11.3 Å². The largest absolute Gasteiger partial charge is 0.350 e. The van der Waals surface area contributed by atoms with Crippen molar-refractivity contribution in [3.05, 3.63) is 59.0 Å².